The Morgan fingerprint density at radius 3 is 2.53 bits per heavy atom. The summed E-state index contributed by atoms with van der Waals surface area (Å²) in [6.07, 6.45) is 5.80. The molecular formula is C16H17N3. The van der Waals surface area contributed by atoms with Gasteiger partial charge in [0.2, 0.25) is 0 Å². The van der Waals surface area contributed by atoms with E-state index in [9.17, 15) is 0 Å². The number of nitrogens with zero attached hydrogens (tertiary/aromatic N) is 2. The number of aromatic amines is 1. The number of pyridine rings is 1. The number of para-hydroxylation sites is 1. The highest BCUT2D eigenvalue weighted by atomic mass is 15.1. The van der Waals surface area contributed by atoms with Gasteiger partial charge in [-0.25, -0.2) is 0 Å². The third kappa shape index (κ3) is 2.13. The molecule has 0 bridgehead atoms. The van der Waals surface area contributed by atoms with Gasteiger partial charge in [-0.3, -0.25) is 9.88 Å². The van der Waals surface area contributed by atoms with Gasteiger partial charge in [-0.15, -0.1) is 0 Å². The normalized spacial score (nSPS) is 13.0. The van der Waals surface area contributed by atoms with Crippen molar-refractivity contribution in [3.05, 3.63) is 66.1 Å². The molecule has 0 aliphatic carbocycles. The van der Waals surface area contributed by atoms with Crippen molar-refractivity contribution in [1.29, 1.82) is 0 Å². The molecule has 2 aromatic heterocycles. The van der Waals surface area contributed by atoms with Crippen molar-refractivity contribution < 1.29 is 0 Å². The van der Waals surface area contributed by atoms with Crippen molar-refractivity contribution in [3.63, 3.8) is 0 Å². The van der Waals surface area contributed by atoms with E-state index in [2.05, 4.69) is 71.6 Å². The molecule has 3 aromatic rings. The molecule has 1 aromatic carbocycles. The Kier molecular flexibility index (Phi) is 3.05. The minimum absolute atomic E-state index is 0.235. The highest BCUT2D eigenvalue weighted by molar-refractivity contribution is 5.84. The Balaban J connectivity index is 2.16. The molecular weight excluding hydrogens is 234 g/mol. The van der Waals surface area contributed by atoms with E-state index in [1.165, 1.54) is 22.0 Å². The molecule has 0 saturated carbocycles. The van der Waals surface area contributed by atoms with E-state index in [0.717, 1.165) is 0 Å². The second-order valence-corrected chi connectivity index (χ2v) is 4.94. The van der Waals surface area contributed by atoms with Gasteiger partial charge < -0.3 is 4.98 Å². The summed E-state index contributed by atoms with van der Waals surface area (Å²) >= 11 is 0. The average molecular weight is 251 g/mol. The zero-order chi connectivity index (χ0) is 13.2. The van der Waals surface area contributed by atoms with Crippen LogP contribution in [-0.4, -0.2) is 29.0 Å². The Morgan fingerprint density at radius 1 is 1.05 bits per heavy atom. The lowest BCUT2D eigenvalue weighted by Gasteiger charge is -2.24. The lowest BCUT2D eigenvalue weighted by molar-refractivity contribution is 0.344. The predicted molar refractivity (Wildman–Crippen MR) is 78.1 cm³/mol. The molecule has 0 aliphatic heterocycles. The van der Waals surface area contributed by atoms with Crippen LogP contribution in [0.1, 0.15) is 17.2 Å². The fraction of sp³-hybridized carbons (Fsp3) is 0.188. The van der Waals surface area contributed by atoms with Crippen molar-refractivity contribution in [1.82, 2.24) is 14.9 Å². The number of H-pyrrole nitrogens is 1. The molecule has 96 valence electrons. The average Bonchev–Trinajstić information content (AvgIpc) is 2.84. The van der Waals surface area contributed by atoms with E-state index in [4.69, 9.17) is 0 Å². The van der Waals surface area contributed by atoms with Crippen LogP contribution in [0, 0.1) is 0 Å². The summed E-state index contributed by atoms with van der Waals surface area (Å²) in [5, 5.41) is 1.28. The third-order valence-electron chi connectivity index (χ3n) is 3.45. The van der Waals surface area contributed by atoms with Crippen LogP contribution in [0.25, 0.3) is 10.9 Å². The zero-order valence-electron chi connectivity index (χ0n) is 11.2. The quantitative estimate of drug-likeness (QED) is 0.775. The van der Waals surface area contributed by atoms with Gasteiger partial charge >= 0.3 is 0 Å². The molecule has 0 amide bonds. The van der Waals surface area contributed by atoms with Crippen LogP contribution in [0.3, 0.4) is 0 Å². The van der Waals surface area contributed by atoms with Gasteiger partial charge in [0, 0.05) is 29.5 Å². The Morgan fingerprint density at radius 2 is 1.79 bits per heavy atom. The fourth-order valence-electron chi connectivity index (χ4n) is 2.62. The number of aromatic nitrogens is 2. The maximum absolute atomic E-state index is 4.10. The van der Waals surface area contributed by atoms with Gasteiger partial charge in [0.25, 0.3) is 0 Å². The van der Waals surface area contributed by atoms with E-state index in [1.807, 2.05) is 12.4 Å². The summed E-state index contributed by atoms with van der Waals surface area (Å²) in [4.78, 5) is 9.68. The third-order valence-corrected chi connectivity index (χ3v) is 3.45. The topological polar surface area (TPSA) is 31.9 Å². The van der Waals surface area contributed by atoms with Crippen molar-refractivity contribution in [2.24, 2.45) is 0 Å². The van der Waals surface area contributed by atoms with Crippen LogP contribution in [-0.2, 0) is 0 Å². The predicted octanol–water partition coefficient (Wildman–Crippen LogP) is 3.21. The second kappa shape index (κ2) is 4.86. The Labute approximate surface area is 112 Å². The molecule has 1 unspecified atom stereocenters. The number of rotatable bonds is 3. The first-order chi connectivity index (χ1) is 9.27. The Bertz CT molecular complexity index is 671. The van der Waals surface area contributed by atoms with Gasteiger partial charge in [0.05, 0.1) is 6.04 Å². The maximum atomic E-state index is 4.10. The molecule has 0 saturated heterocycles. The number of nitrogens with one attached hydrogen (secondary N) is 1. The summed E-state index contributed by atoms with van der Waals surface area (Å²) in [5.41, 5.74) is 3.73. The molecule has 0 aliphatic rings. The summed E-state index contributed by atoms with van der Waals surface area (Å²) < 4.78 is 0. The van der Waals surface area contributed by atoms with Gasteiger partial charge in [-0.05, 0) is 43.4 Å². The van der Waals surface area contributed by atoms with Crippen molar-refractivity contribution in [2.45, 2.75) is 6.04 Å². The zero-order valence-corrected chi connectivity index (χ0v) is 11.2. The molecule has 0 radical (unpaired) electrons. The van der Waals surface area contributed by atoms with Gasteiger partial charge in [0.15, 0.2) is 0 Å². The molecule has 0 spiro atoms. The van der Waals surface area contributed by atoms with Crippen LogP contribution >= 0.6 is 0 Å². The van der Waals surface area contributed by atoms with E-state index < -0.39 is 0 Å². The van der Waals surface area contributed by atoms with Crippen LogP contribution in [0.15, 0.2) is 55.0 Å². The van der Waals surface area contributed by atoms with E-state index >= 15 is 0 Å². The minimum Gasteiger partial charge on any atom is -0.361 e. The van der Waals surface area contributed by atoms with E-state index in [1.54, 1.807) is 0 Å². The fourth-order valence-corrected chi connectivity index (χ4v) is 2.62. The summed E-state index contributed by atoms with van der Waals surface area (Å²) in [6.45, 7) is 0. The van der Waals surface area contributed by atoms with E-state index in [-0.39, 0.29) is 6.04 Å². The molecule has 2 heterocycles. The summed E-state index contributed by atoms with van der Waals surface area (Å²) in [6, 6.07) is 12.8. The number of hydrogen-bond donors (Lipinski definition) is 1. The maximum Gasteiger partial charge on any atom is 0.0619 e. The molecule has 0 fully saturated rings. The molecule has 3 rings (SSSR count). The van der Waals surface area contributed by atoms with E-state index in [0.29, 0.717) is 0 Å². The summed E-state index contributed by atoms with van der Waals surface area (Å²) in [7, 11) is 4.21. The van der Waals surface area contributed by atoms with Crippen LogP contribution < -0.4 is 0 Å². The Hall–Kier alpha value is -2.13. The molecule has 19 heavy (non-hydrogen) atoms. The smallest absolute Gasteiger partial charge is 0.0619 e. The first-order valence-corrected chi connectivity index (χ1v) is 6.40. The first-order valence-electron chi connectivity index (χ1n) is 6.40. The second-order valence-electron chi connectivity index (χ2n) is 4.94. The lowest BCUT2D eigenvalue weighted by atomic mass is 9.98. The highest BCUT2D eigenvalue weighted by Crippen LogP contribution is 2.31. The van der Waals surface area contributed by atoms with Crippen LogP contribution in [0.5, 0.6) is 0 Å². The van der Waals surface area contributed by atoms with Gasteiger partial charge in [-0.2, -0.15) is 0 Å². The SMILES string of the molecule is CN(C)C(c1ccncc1)c1c[nH]c2ccccc12. The molecule has 3 nitrogen and oxygen atoms in total. The number of hydrogen-bond acceptors (Lipinski definition) is 2. The molecule has 1 N–H and O–H groups in total. The monoisotopic (exact) mass is 251 g/mol. The highest BCUT2D eigenvalue weighted by Gasteiger charge is 2.19. The van der Waals surface area contributed by atoms with Crippen molar-refractivity contribution in [2.75, 3.05) is 14.1 Å². The largest absolute Gasteiger partial charge is 0.361 e. The summed E-state index contributed by atoms with van der Waals surface area (Å²) in [5.74, 6) is 0. The van der Waals surface area contributed by atoms with Crippen LogP contribution in [0.4, 0.5) is 0 Å². The lowest BCUT2D eigenvalue weighted by Crippen LogP contribution is -2.20. The van der Waals surface area contributed by atoms with Gasteiger partial charge in [-0.1, -0.05) is 18.2 Å². The van der Waals surface area contributed by atoms with Crippen molar-refractivity contribution >= 4 is 10.9 Å². The number of fused-ring (bicyclic) bond motifs is 1. The standard InChI is InChI=1S/C16H17N3/c1-19(2)16(12-7-9-17-10-8-12)14-11-18-15-6-4-3-5-13(14)15/h3-11,16,18H,1-2H3. The molecule has 3 heteroatoms. The van der Waals surface area contributed by atoms with Crippen molar-refractivity contribution in [3.8, 4) is 0 Å². The molecule has 1 atom stereocenters. The number of benzene rings is 1. The first kappa shape index (κ1) is 11.9. The van der Waals surface area contributed by atoms with Gasteiger partial charge in [0.1, 0.15) is 0 Å². The van der Waals surface area contributed by atoms with Crippen LogP contribution in [0.2, 0.25) is 0 Å². The minimum atomic E-state index is 0.235.